The molecule has 2 aromatic rings. The molecule has 0 saturated carbocycles. The summed E-state index contributed by atoms with van der Waals surface area (Å²) in [5.74, 6) is -0.288. The molecule has 0 aromatic heterocycles. The van der Waals surface area contributed by atoms with E-state index in [4.69, 9.17) is 32.7 Å². The van der Waals surface area contributed by atoms with Crippen molar-refractivity contribution in [1.29, 1.82) is 0 Å². The normalized spacial score (nSPS) is 13.7. The van der Waals surface area contributed by atoms with E-state index in [9.17, 15) is 9.59 Å². The fourth-order valence-corrected chi connectivity index (χ4v) is 2.91. The Labute approximate surface area is 166 Å². The zero-order chi connectivity index (χ0) is 19.4. The van der Waals surface area contributed by atoms with E-state index in [-0.39, 0.29) is 19.3 Å². The lowest BCUT2D eigenvalue weighted by Crippen LogP contribution is -2.31. The summed E-state index contributed by atoms with van der Waals surface area (Å²) in [6.07, 6.45) is 1.71. The van der Waals surface area contributed by atoms with E-state index >= 15 is 0 Å². The van der Waals surface area contributed by atoms with E-state index in [0.717, 1.165) is 11.1 Å². The van der Waals surface area contributed by atoms with Crippen LogP contribution >= 0.6 is 23.2 Å². The van der Waals surface area contributed by atoms with Gasteiger partial charge in [0.25, 0.3) is 5.91 Å². The Bertz CT molecular complexity index is 911. The molecule has 0 unspecified atom stereocenters. The Kier molecular flexibility index (Phi) is 6.04. The number of hydrogen-bond acceptors (Lipinski definition) is 4. The summed E-state index contributed by atoms with van der Waals surface area (Å²) in [5.41, 5.74) is 1.96. The van der Waals surface area contributed by atoms with Gasteiger partial charge in [0, 0.05) is 5.56 Å². The number of hydrogen-bond donors (Lipinski definition) is 1. The Balaban J connectivity index is 1.54. The molecule has 27 heavy (non-hydrogen) atoms. The van der Waals surface area contributed by atoms with Crippen molar-refractivity contribution in [2.75, 3.05) is 13.2 Å². The molecule has 3 rings (SSSR count). The van der Waals surface area contributed by atoms with Crippen molar-refractivity contribution in [1.82, 2.24) is 5.32 Å². The zero-order valence-corrected chi connectivity index (χ0v) is 16.0. The minimum Gasteiger partial charge on any atom is -0.488 e. The van der Waals surface area contributed by atoms with Crippen LogP contribution in [0.1, 0.15) is 24.1 Å². The molecule has 1 aliphatic rings. The molecule has 1 amide bonds. The molecule has 0 spiro atoms. The van der Waals surface area contributed by atoms with Gasteiger partial charge in [-0.3, -0.25) is 4.79 Å². The lowest BCUT2D eigenvalue weighted by atomic mass is 10.1. The molecule has 0 saturated heterocycles. The number of para-hydroxylation sites is 1. The van der Waals surface area contributed by atoms with Crippen molar-refractivity contribution < 1.29 is 19.1 Å². The molecule has 1 heterocycles. The van der Waals surface area contributed by atoms with Crippen LogP contribution in [0.4, 0.5) is 0 Å². The van der Waals surface area contributed by atoms with E-state index in [0.29, 0.717) is 21.4 Å². The Morgan fingerprint density at radius 2 is 1.96 bits per heavy atom. The largest absolute Gasteiger partial charge is 0.488 e. The van der Waals surface area contributed by atoms with Crippen LogP contribution in [0, 0.1) is 0 Å². The van der Waals surface area contributed by atoms with Crippen LogP contribution < -0.4 is 10.1 Å². The van der Waals surface area contributed by atoms with E-state index in [1.165, 1.54) is 0 Å². The second-order valence-electron chi connectivity index (χ2n) is 6.03. The van der Waals surface area contributed by atoms with E-state index in [2.05, 4.69) is 5.32 Å². The number of benzene rings is 2. The number of ether oxygens (including phenoxy) is 2. The maximum absolute atomic E-state index is 12.2. The minimum absolute atomic E-state index is 0.108. The molecule has 7 heteroatoms. The summed E-state index contributed by atoms with van der Waals surface area (Å²) in [7, 11) is 0. The summed E-state index contributed by atoms with van der Waals surface area (Å²) < 4.78 is 10.6. The smallest absolute Gasteiger partial charge is 0.338 e. The average molecular weight is 406 g/mol. The number of fused-ring (bicyclic) bond motifs is 1. The third-order valence-corrected chi connectivity index (χ3v) is 4.79. The van der Waals surface area contributed by atoms with E-state index < -0.39 is 11.9 Å². The lowest BCUT2D eigenvalue weighted by Gasteiger charge is -2.18. The van der Waals surface area contributed by atoms with Crippen LogP contribution in [0.5, 0.6) is 5.75 Å². The fourth-order valence-electron chi connectivity index (χ4n) is 2.61. The summed E-state index contributed by atoms with van der Waals surface area (Å²) in [6, 6.07) is 12.2. The first kappa shape index (κ1) is 19.3. The minimum atomic E-state index is -0.582. The molecule has 2 aromatic carbocycles. The van der Waals surface area contributed by atoms with Crippen molar-refractivity contribution >= 4 is 41.2 Å². The average Bonchev–Trinajstić information content (AvgIpc) is 2.67. The highest BCUT2D eigenvalue weighted by atomic mass is 35.5. The number of amides is 1. The van der Waals surface area contributed by atoms with Crippen LogP contribution in [0.2, 0.25) is 10.0 Å². The highest BCUT2D eigenvalue weighted by Gasteiger charge is 2.19. The van der Waals surface area contributed by atoms with Crippen molar-refractivity contribution in [3.63, 3.8) is 0 Å². The first-order valence-electron chi connectivity index (χ1n) is 8.28. The maximum atomic E-state index is 12.2. The van der Waals surface area contributed by atoms with Gasteiger partial charge in [0.2, 0.25) is 0 Å². The molecule has 1 aliphatic heterocycles. The van der Waals surface area contributed by atoms with Crippen LogP contribution in [-0.4, -0.2) is 25.1 Å². The van der Waals surface area contributed by atoms with Crippen LogP contribution in [0.25, 0.3) is 6.08 Å². The van der Waals surface area contributed by atoms with E-state index in [1.54, 1.807) is 31.2 Å². The van der Waals surface area contributed by atoms with Crippen LogP contribution in [0.15, 0.2) is 48.0 Å². The molecule has 1 atom stereocenters. The topological polar surface area (TPSA) is 64.6 Å². The van der Waals surface area contributed by atoms with Gasteiger partial charge in [0.05, 0.1) is 21.7 Å². The molecule has 5 nitrogen and oxygen atoms in total. The number of esters is 1. The summed E-state index contributed by atoms with van der Waals surface area (Å²) in [4.78, 5) is 24.2. The number of carbonyl (C=O) groups is 2. The van der Waals surface area contributed by atoms with Crippen LogP contribution in [0.3, 0.4) is 0 Å². The quantitative estimate of drug-likeness (QED) is 0.757. The van der Waals surface area contributed by atoms with Crippen molar-refractivity contribution in [2.24, 2.45) is 0 Å². The number of rotatable bonds is 5. The number of nitrogens with one attached hydrogen (secondary N) is 1. The van der Waals surface area contributed by atoms with Gasteiger partial charge in [-0.25, -0.2) is 4.79 Å². The van der Waals surface area contributed by atoms with Gasteiger partial charge in [-0.1, -0.05) is 47.5 Å². The highest BCUT2D eigenvalue weighted by Crippen LogP contribution is 2.27. The van der Waals surface area contributed by atoms with Gasteiger partial charge < -0.3 is 14.8 Å². The predicted octanol–water partition coefficient (Wildman–Crippen LogP) is 4.19. The maximum Gasteiger partial charge on any atom is 0.338 e. The fraction of sp³-hybridized carbons (Fsp3) is 0.200. The third-order valence-electron chi connectivity index (χ3n) is 4.05. The molecule has 0 bridgehead atoms. The van der Waals surface area contributed by atoms with Crippen LogP contribution in [-0.2, 0) is 14.3 Å². The van der Waals surface area contributed by atoms with Gasteiger partial charge in [0.15, 0.2) is 6.61 Å². The number of carbonyl (C=O) groups excluding carboxylic acids is 2. The summed E-state index contributed by atoms with van der Waals surface area (Å²) in [6.45, 7) is 1.52. The molecular weight excluding hydrogens is 389 g/mol. The second kappa shape index (κ2) is 8.46. The van der Waals surface area contributed by atoms with Gasteiger partial charge >= 0.3 is 5.97 Å². The number of halogens is 2. The first-order valence-corrected chi connectivity index (χ1v) is 9.03. The van der Waals surface area contributed by atoms with Gasteiger partial charge in [0.1, 0.15) is 12.4 Å². The van der Waals surface area contributed by atoms with Gasteiger partial charge in [-0.05, 0) is 36.8 Å². The van der Waals surface area contributed by atoms with Crippen molar-refractivity contribution in [3.8, 4) is 5.75 Å². The molecule has 1 N–H and O–H groups in total. The molecule has 140 valence electrons. The zero-order valence-electron chi connectivity index (χ0n) is 14.5. The van der Waals surface area contributed by atoms with Gasteiger partial charge in [-0.2, -0.15) is 0 Å². The Morgan fingerprint density at radius 1 is 1.19 bits per heavy atom. The first-order chi connectivity index (χ1) is 12.9. The molecular formula is C20H17Cl2NO4. The molecule has 0 fully saturated rings. The lowest BCUT2D eigenvalue weighted by molar-refractivity contribution is -0.145. The summed E-state index contributed by atoms with van der Waals surface area (Å²) >= 11 is 11.9. The highest BCUT2D eigenvalue weighted by molar-refractivity contribution is 6.42. The standard InChI is InChI=1S/C20H17Cl2NO4/c1-12(13-6-7-16(21)17(22)9-13)23-19(24)11-27-20(25)15-8-14-4-2-3-5-18(14)26-10-15/h2-9,12H,10-11H2,1H3,(H,23,24)/t12-/m1/s1. The molecule has 0 aliphatic carbocycles. The Hall–Kier alpha value is -2.50. The summed E-state index contributed by atoms with van der Waals surface area (Å²) in [5, 5.41) is 3.60. The van der Waals surface area contributed by atoms with Crippen molar-refractivity contribution in [2.45, 2.75) is 13.0 Å². The Morgan fingerprint density at radius 3 is 2.74 bits per heavy atom. The molecule has 0 radical (unpaired) electrons. The monoisotopic (exact) mass is 405 g/mol. The predicted molar refractivity (Wildman–Crippen MR) is 104 cm³/mol. The SMILES string of the molecule is C[C@@H](NC(=O)COC(=O)C1=Cc2ccccc2OC1)c1ccc(Cl)c(Cl)c1. The van der Waals surface area contributed by atoms with Gasteiger partial charge in [-0.15, -0.1) is 0 Å². The van der Waals surface area contributed by atoms with Crippen molar-refractivity contribution in [3.05, 3.63) is 69.2 Å². The third kappa shape index (κ3) is 4.81. The second-order valence-corrected chi connectivity index (χ2v) is 6.85. The van der Waals surface area contributed by atoms with E-state index in [1.807, 2.05) is 24.3 Å².